The van der Waals surface area contributed by atoms with E-state index in [9.17, 15) is 5.11 Å². The van der Waals surface area contributed by atoms with Crippen LogP contribution in [0.3, 0.4) is 0 Å². The molecule has 4 heteroatoms. The third-order valence-corrected chi connectivity index (χ3v) is 2.54. The molecule has 1 aromatic carbocycles. The molecule has 1 unspecified atom stereocenters. The molecule has 0 bridgehead atoms. The van der Waals surface area contributed by atoms with Crippen LogP contribution in [0, 0.1) is 0 Å². The Morgan fingerprint density at radius 1 is 1.39 bits per heavy atom. The molecule has 18 heavy (non-hydrogen) atoms. The van der Waals surface area contributed by atoms with Crippen LogP contribution < -0.4 is 9.64 Å². The average Bonchev–Trinajstić information content (AvgIpc) is 2.39. The Bertz CT molecular complexity index is 351. The van der Waals surface area contributed by atoms with Gasteiger partial charge >= 0.3 is 0 Å². The smallest absolute Gasteiger partial charge is 0.119 e. The lowest BCUT2D eigenvalue weighted by molar-refractivity contribution is 0.0538. The van der Waals surface area contributed by atoms with Crippen molar-refractivity contribution >= 4 is 5.69 Å². The van der Waals surface area contributed by atoms with Crippen molar-refractivity contribution in [2.45, 2.75) is 6.10 Å². The van der Waals surface area contributed by atoms with Gasteiger partial charge in [0.2, 0.25) is 0 Å². The lowest BCUT2D eigenvalue weighted by Gasteiger charge is -2.22. The molecule has 1 atom stereocenters. The van der Waals surface area contributed by atoms with Gasteiger partial charge in [-0.3, -0.25) is 0 Å². The lowest BCUT2D eigenvalue weighted by atomic mass is 10.2. The maximum atomic E-state index is 9.78. The van der Waals surface area contributed by atoms with Crippen LogP contribution in [-0.4, -0.2) is 45.1 Å². The Morgan fingerprint density at radius 3 is 2.61 bits per heavy atom. The first-order valence-electron chi connectivity index (χ1n) is 5.89. The minimum Gasteiger partial charge on any atom is -0.497 e. The van der Waals surface area contributed by atoms with Crippen LogP contribution in [-0.2, 0) is 4.74 Å². The molecule has 0 fully saturated rings. The molecule has 1 N–H and O–H groups in total. The standard InChI is InChI=1S/C14H21NO3/c1-4-9-18-11-13(16)10-15(2)12-5-7-14(17-3)8-6-12/h4-8,13,16H,1,9-11H2,2-3H3. The summed E-state index contributed by atoms with van der Waals surface area (Å²) >= 11 is 0. The highest BCUT2D eigenvalue weighted by Crippen LogP contribution is 2.18. The van der Waals surface area contributed by atoms with Gasteiger partial charge in [-0.15, -0.1) is 6.58 Å². The number of ether oxygens (including phenoxy) is 2. The molecule has 0 saturated carbocycles. The minimum atomic E-state index is -0.517. The molecule has 0 aliphatic carbocycles. The van der Waals surface area contributed by atoms with E-state index in [0.29, 0.717) is 19.8 Å². The quantitative estimate of drug-likeness (QED) is 0.564. The van der Waals surface area contributed by atoms with Crippen LogP contribution in [0.4, 0.5) is 5.69 Å². The number of anilines is 1. The van der Waals surface area contributed by atoms with E-state index >= 15 is 0 Å². The Labute approximate surface area is 108 Å². The van der Waals surface area contributed by atoms with E-state index in [4.69, 9.17) is 9.47 Å². The summed E-state index contributed by atoms with van der Waals surface area (Å²) in [4.78, 5) is 1.97. The first kappa shape index (κ1) is 14.5. The fourth-order valence-electron chi connectivity index (χ4n) is 1.60. The van der Waals surface area contributed by atoms with Gasteiger partial charge in [0, 0.05) is 19.3 Å². The number of methoxy groups -OCH3 is 1. The van der Waals surface area contributed by atoms with Gasteiger partial charge in [0.15, 0.2) is 0 Å². The van der Waals surface area contributed by atoms with Crippen LogP contribution in [0.2, 0.25) is 0 Å². The third-order valence-electron chi connectivity index (χ3n) is 2.54. The van der Waals surface area contributed by atoms with Crippen molar-refractivity contribution in [2.75, 3.05) is 38.8 Å². The topological polar surface area (TPSA) is 41.9 Å². The molecule has 0 aromatic heterocycles. The molecule has 4 nitrogen and oxygen atoms in total. The maximum Gasteiger partial charge on any atom is 0.119 e. The van der Waals surface area contributed by atoms with Crippen LogP contribution in [0.5, 0.6) is 5.75 Å². The number of nitrogens with zero attached hydrogens (tertiary/aromatic N) is 1. The molecule has 0 spiro atoms. The summed E-state index contributed by atoms with van der Waals surface area (Å²) < 4.78 is 10.3. The number of hydrogen-bond donors (Lipinski definition) is 1. The summed E-state index contributed by atoms with van der Waals surface area (Å²) in [6.45, 7) is 4.84. The Hall–Kier alpha value is -1.52. The van der Waals surface area contributed by atoms with Gasteiger partial charge in [-0.2, -0.15) is 0 Å². The second-order valence-electron chi connectivity index (χ2n) is 4.06. The van der Waals surface area contributed by atoms with Gasteiger partial charge in [0.25, 0.3) is 0 Å². The first-order chi connectivity index (χ1) is 8.67. The molecular formula is C14H21NO3. The van der Waals surface area contributed by atoms with Gasteiger partial charge in [-0.1, -0.05) is 6.08 Å². The van der Waals surface area contributed by atoms with Crippen LogP contribution >= 0.6 is 0 Å². The van der Waals surface area contributed by atoms with Crippen molar-refractivity contribution < 1.29 is 14.6 Å². The molecule has 1 rings (SSSR count). The van der Waals surface area contributed by atoms with Crippen molar-refractivity contribution in [3.05, 3.63) is 36.9 Å². The fraction of sp³-hybridized carbons (Fsp3) is 0.429. The van der Waals surface area contributed by atoms with Gasteiger partial charge in [-0.25, -0.2) is 0 Å². The molecule has 100 valence electrons. The molecule has 0 saturated heterocycles. The molecule has 0 aliphatic heterocycles. The molecular weight excluding hydrogens is 230 g/mol. The number of benzene rings is 1. The second kappa shape index (κ2) is 7.74. The third kappa shape index (κ3) is 4.77. The van der Waals surface area contributed by atoms with Crippen molar-refractivity contribution in [3.8, 4) is 5.75 Å². The van der Waals surface area contributed by atoms with Crippen molar-refractivity contribution in [1.29, 1.82) is 0 Å². The van der Waals surface area contributed by atoms with E-state index in [1.54, 1.807) is 13.2 Å². The molecule has 0 heterocycles. The highest BCUT2D eigenvalue weighted by atomic mass is 16.5. The van der Waals surface area contributed by atoms with Crippen molar-refractivity contribution in [3.63, 3.8) is 0 Å². The molecule has 0 amide bonds. The number of rotatable bonds is 8. The van der Waals surface area contributed by atoms with Gasteiger partial charge < -0.3 is 19.5 Å². The Morgan fingerprint density at radius 2 is 2.06 bits per heavy atom. The van der Waals surface area contributed by atoms with E-state index in [1.807, 2.05) is 36.2 Å². The molecule has 0 radical (unpaired) electrons. The summed E-state index contributed by atoms with van der Waals surface area (Å²) in [6, 6.07) is 7.70. The van der Waals surface area contributed by atoms with E-state index in [1.165, 1.54) is 0 Å². The SMILES string of the molecule is C=CCOCC(O)CN(C)c1ccc(OC)cc1. The zero-order valence-corrected chi connectivity index (χ0v) is 11.0. The number of hydrogen-bond acceptors (Lipinski definition) is 4. The predicted molar refractivity (Wildman–Crippen MR) is 73.3 cm³/mol. The lowest BCUT2D eigenvalue weighted by Crippen LogP contribution is -2.32. The predicted octanol–water partition coefficient (Wildman–Crippen LogP) is 1.69. The largest absolute Gasteiger partial charge is 0.497 e. The van der Waals surface area contributed by atoms with Crippen molar-refractivity contribution in [1.82, 2.24) is 0 Å². The van der Waals surface area contributed by atoms with Crippen LogP contribution in [0.1, 0.15) is 0 Å². The van der Waals surface area contributed by atoms with Crippen molar-refractivity contribution in [2.24, 2.45) is 0 Å². The monoisotopic (exact) mass is 251 g/mol. The summed E-state index contributed by atoms with van der Waals surface area (Å²) in [6.07, 6.45) is 1.15. The van der Waals surface area contributed by atoms with Crippen LogP contribution in [0.15, 0.2) is 36.9 Å². The highest BCUT2D eigenvalue weighted by molar-refractivity contribution is 5.48. The second-order valence-corrected chi connectivity index (χ2v) is 4.06. The summed E-state index contributed by atoms with van der Waals surface area (Å²) in [5.74, 6) is 0.821. The van der Waals surface area contributed by atoms with E-state index in [-0.39, 0.29) is 0 Å². The highest BCUT2D eigenvalue weighted by Gasteiger charge is 2.09. The van der Waals surface area contributed by atoms with E-state index in [0.717, 1.165) is 11.4 Å². The van der Waals surface area contributed by atoms with Gasteiger partial charge in [0.05, 0.1) is 26.4 Å². The first-order valence-corrected chi connectivity index (χ1v) is 5.89. The molecule has 1 aromatic rings. The van der Waals surface area contributed by atoms with Crippen LogP contribution in [0.25, 0.3) is 0 Å². The Balaban J connectivity index is 2.42. The van der Waals surface area contributed by atoms with E-state index < -0.39 is 6.10 Å². The average molecular weight is 251 g/mol. The fourth-order valence-corrected chi connectivity index (χ4v) is 1.60. The number of aliphatic hydroxyl groups excluding tert-OH is 1. The van der Waals surface area contributed by atoms with E-state index in [2.05, 4.69) is 6.58 Å². The van der Waals surface area contributed by atoms with Gasteiger partial charge in [-0.05, 0) is 24.3 Å². The minimum absolute atomic E-state index is 0.312. The zero-order chi connectivity index (χ0) is 13.4. The number of likely N-dealkylation sites (N-methyl/N-ethyl adjacent to an activating group) is 1. The Kier molecular flexibility index (Phi) is 6.25. The zero-order valence-electron chi connectivity index (χ0n) is 11.0. The molecule has 0 aliphatic rings. The summed E-state index contributed by atoms with van der Waals surface area (Å²) in [7, 11) is 3.57. The summed E-state index contributed by atoms with van der Waals surface area (Å²) in [5.41, 5.74) is 1.03. The van der Waals surface area contributed by atoms with Gasteiger partial charge in [0.1, 0.15) is 5.75 Å². The number of aliphatic hydroxyl groups is 1. The summed E-state index contributed by atoms with van der Waals surface area (Å²) in [5, 5.41) is 9.78. The maximum absolute atomic E-state index is 9.78. The normalized spacial score (nSPS) is 11.9.